The van der Waals surface area contributed by atoms with E-state index in [1.807, 2.05) is 22.9 Å². The average molecular weight is 420 g/mol. The Kier molecular flexibility index (Phi) is 5.19. The number of aromatic nitrogens is 4. The van der Waals surface area contributed by atoms with Crippen LogP contribution in [0.4, 0.5) is 9.52 Å². The van der Waals surface area contributed by atoms with Crippen LogP contribution in [-0.2, 0) is 17.0 Å². The molecule has 27 heavy (non-hydrogen) atoms. The summed E-state index contributed by atoms with van der Waals surface area (Å²) in [6.45, 7) is 1.93. The highest BCUT2D eigenvalue weighted by atomic mass is 32.2. The minimum Gasteiger partial charge on any atom is -0.300 e. The third-order valence-electron chi connectivity index (χ3n) is 3.67. The second-order valence-corrected chi connectivity index (χ2v) is 8.81. The Bertz CT molecular complexity index is 1090. The van der Waals surface area contributed by atoms with E-state index in [0.29, 0.717) is 10.9 Å². The first kappa shape index (κ1) is 18.1. The normalized spacial score (nSPS) is 11.2. The highest BCUT2D eigenvalue weighted by molar-refractivity contribution is 8.00. The third-order valence-corrected chi connectivity index (χ3v) is 6.61. The smallest absolute Gasteiger partial charge is 0.232 e. The molecule has 0 aliphatic carbocycles. The predicted octanol–water partition coefficient (Wildman–Crippen LogP) is 4.17. The number of aryl methyl sites for hydroxylation is 1. The average Bonchev–Trinajstić information content (AvgIpc) is 3.32. The molecule has 0 saturated heterocycles. The molecule has 0 radical (unpaired) electrons. The first-order valence-electron chi connectivity index (χ1n) is 7.99. The number of rotatable bonds is 6. The predicted molar refractivity (Wildman–Crippen MR) is 106 cm³/mol. The molecule has 6 nitrogen and oxygen atoms in total. The highest BCUT2D eigenvalue weighted by Crippen LogP contribution is 2.28. The lowest BCUT2D eigenvalue weighted by atomic mass is 10.2. The Morgan fingerprint density at radius 2 is 2.11 bits per heavy atom. The topological polar surface area (TPSA) is 72.2 Å². The van der Waals surface area contributed by atoms with Gasteiger partial charge in [0.1, 0.15) is 5.82 Å². The number of amides is 1. The molecule has 4 rings (SSSR count). The van der Waals surface area contributed by atoms with E-state index in [4.69, 9.17) is 0 Å². The molecule has 138 valence electrons. The molecule has 1 amide bonds. The quantitative estimate of drug-likeness (QED) is 0.375. The maximum absolute atomic E-state index is 12.9. The molecular formula is C17H14FN5OS3. The van der Waals surface area contributed by atoms with Crippen LogP contribution in [0.25, 0.3) is 4.96 Å². The zero-order valence-electron chi connectivity index (χ0n) is 14.2. The van der Waals surface area contributed by atoms with Gasteiger partial charge in [0.2, 0.25) is 11.0 Å². The number of nitrogens with one attached hydrogen (secondary N) is 1. The minimum atomic E-state index is -0.251. The summed E-state index contributed by atoms with van der Waals surface area (Å²) < 4.78 is 15.6. The van der Waals surface area contributed by atoms with Crippen LogP contribution in [0.1, 0.15) is 17.0 Å². The number of thioether (sulfide) groups is 1. The van der Waals surface area contributed by atoms with Gasteiger partial charge in [-0.15, -0.1) is 21.5 Å². The van der Waals surface area contributed by atoms with Crippen LogP contribution in [0.3, 0.4) is 0 Å². The molecule has 1 N–H and O–H groups in total. The molecule has 0 aliphatic heterocycles. The van der Waals surface area contributed by atoms with Gasteiger partial charge in [-0.3, -0.25) is 9.20 Å². The summed E-state index contributed by atoms with van der Waals surface area (Å²) in [4.78, 5) is 17.6. The van der Waals surface area contributed by atoms with Crippen molar-refractivity contribution in [3.8, 4) is 0 Å². The molecule has 0 spiro atoms. The van der Waals surface area contributed by atoms with E-state index in [-0.39, 0.29) is 18.1 Å². The van der Waals surface area contributed by atoms with Crippen LogP contribution in [0.5, 0.6) is 0 Å². The molecule has 3 aromatic heterocycles. The maximum Gasteiger partial charge on any atom is 0.232 e. The fraction of sp³-hybridized carbons (Fsp3) is 0.176. The Hall–Kier alpha value is -2.30. The lowest BCUT2D eigenvalue weighted by Gasteiger charge is -2.00. The molecule has 4 aromatic rings. The van der Waals surface area contributed by atoms with Gasteiger partial charge in [0.05, 0.1) is 12.1 Å². The molecule has 0 saturated carbocycles. The first-order chi connectivity index (χ1) is 13.1. The number of halogens is 1. The van der Waals surface area contributed by atoms with E-state index < -0.39 is 0 Å². The van der Waals surface area contributed by atoms with Crippen molar-refractivity contribution >= 4 is 50.4 Å². The van der Waals surface area contributed by atoms with E-state index in [1.165, 1.54) is 46.6 Å². The largest absolute Gasteiger partial charge is 0.300 e. The second kappa shape index (κ2) is 7.75. The summed E-state index contributed by atoms with van der Waals surface area (Å²) in [5.74, 6) is 0.265. The van der Waals surface area contributed by atoms with Crippen molar-refractivity contribution < 1.29 is 9.18 Å². The standard InChI is InChI=1S/C17H14FN5OS3/c1-10-7-23-13(9-25-16(23)19-10)6-14(24)20-15-21-22-17(27-15)26-8-11-2-4-12(18)5-3-11/h2-5,7,9H,6,8H2,1H3,(H,20,21,24). The number of fused-ring (bicyclic) bond motifs is 1. The number of benzene rings is 1. The Labute approximate surface area is 166 Å². The number of anilines is 1. The third kappa shape index (κ3) is 4.34. The van der Waals surface area contributed by atoms with E-state index in [2.05, 4.69) is 20.5 Å². The van der Waals surface area contributed by atoms with Gasteiger partial charge in [-0.2, -0.15) is 0 Å². The van der Waals surface area contributed by atoms with Gasteiger partial charge in [0, 0.05) is 23.0 Å². The molecule has 0 unspecified atom stereocenters. The Morgan fingerprint density at radius 1 is 1.30 bits per heavy atom. The van der Waals surface area contributed by atoms with Gasteiger partial charge < -0.3 is 5.32 Å². The molecule has 0 fully saturated rings. The van der Waals surface area contributed by atoms with Crippen LogP contribution in [0.2, 0.25) is 0 Å². The van der Waals surface area contributed by atoms with Crippen molar-refractivity contribution in [3.63, 3.8) is 0 Å². The van der Waals surface area contributed by atoms with Gasteiger partial charge >= 0.3 is 0 Å². The van der Waals surface area contributed by atoms with Crippen molar-refractivity contribution in [2.75, 3.05) is 5.32 Å². The number of thiazole rings is 1. The molecule has 0 bridgehead atoms. The lowest BCUT2D eigenvalue weighted by Crippen LogP contribution is -2.15. The van der Waals surface area contributed by atoms with Gasteiger partial charge in [-0.1, -0.05) is 35.2 Å². The number of carbonyl (C=O) groups is 1. The van der Waals surface area contributed by atoms with Crippen molar-refractivity contribution in [1.29, 1.82) is 0 Å². The van der Waals surface area contributed by atoms with E-state index in [1.54, 1.807) is 12.1 Å². The van der Waals surface area contributed by atoms with Crippen LogP contribution in [-0.4, -0.2) is 25.5 Å². The molecule has 0 atom stereocenters. The minimum absolute atomic E-state index is 0.146. The number of nitrogens with zero attached hydrogens (tertiary/aromatic N) is 4. The van der Waals surface area contributed by atoms with Gasteiger partial charge in [-0.05, 0) is 24.6 Å². The van der Waals surface area contributed by atoms with E-state index in [0.717, 1.165) is 26.3 Å². The van der Waals surface area contributed by atoms with Crippen LogP contribution < -0.4 is 5.32 Å². The molecule has 3 heterocycles. The maximum atomic E-state index is 12.9. The highest BCUT2D eigenvalue weighted by Gasteiger charge is 2.13. The van der Waals surface area contributed by atoms with Crippen molar-refractivity contribution in [1.82, 2.24) is 19.6 Å². The summed E-state index contributed by atoms with van der Waals surface area (Å²) in [5.41, 5.74) is 2.82. The molecular weight excluding hydrogens is 405 g/mol. The van der Waals surface area contributed by atoms with Crippen LogP contribution in [0.15, 0.2) is 40.2 Å². The Morgan fingerprint density at radius 3 is 2.93 bits per heavy atom. The zero-order valence-corrected chi connectivity index (χ0v) is 16.6. The number of hydrogen-bond donors (Lipinski definition) is 1. The Balaban J connectivity index is 1.34. The second-order valence-electron chi connectivity index (χ2n) is 5.78. The van der Waals surface area contributed by atoms with Crippen molar-refractivity contribution in [3.05, 3.63) is 58.6 Å². The SMILES string of the molecule is Cc1cn2c(CC(=O)Nc3nnc(SCc4ccc(F)cc4)s3)csc2n1. The number of hydrogen-bond acceptors (Lipinski definition) is 7. The summed E-state index contributed by atoms with van der Waals surface area (Å²) in [6, 6.07) is 6.35. The van der Waals surface area contributed by atoms with Gasteiger partial charge in [-0.25, -0.2) is 9.37 Å². The van der Waals surface area contributed by atoms with E-state index >= 15 is 0 Å². The van der Waals surface area contributed by atoms with Crippen molar-refractivity contribution in [2.45, 2.75) is 23.4 Å². The van der Waals surface area contributed by atoms with Crippen LogP contribution >= 0.6 is 34.4 Å². The van der Waals surface area contributed by atoms with Gasteiger partial charge in [0.15, 0.2) is 9.30 Å². The molecule has 0 aliphatic rings. The lowest BCUT2D eigenvalue weighted by molar-refractivity contribution is -0.115. The van der Waals surface area contributed by atoms with Gasteiger partial charge in [0.25, 0.3) is 0 Å². The molecule has 1 aromatic carbocycles. The summed E-state index contributed by atoms with van der Waals surface area (Å²) >= 11 is 4.33. The van der Waals surface area contributed by atoms with Crippen molar-refractivity contribution in [2.24, 2.45) is 0 Å². The fourth-order valence-electron chi connectivity index (χ4n) is 2.44. The first-order valence-corrected chi connectivity index (χ1v) is 10.7. The monoisotopic (exact) mass is 419 g/mol. The fourth-order valence-corrected chi connectivity index (χ4v) is 5.08. The van der Waals surface area contributed by atoms with Crippen LogP contribution in [0, 0.1) is 12.7 Å². The summed E-state index contributed by atoms with van der Waals surface area (Å²) in [6.07, 6.45) is 2.16. The molecule has 10 heteroatoms. The number of carbonyl (C=O) groups excluding carboxylic acids is 1. The number of imidazole rings is 1. The van der Waals surface area contributed by atoms with E-state index in [9.17, 15) is 9.18 Å². The summed E-state index contributed by atoms with van der Waals surface area (Å²) in [5, 5.41) is 13.3. The zero-order chi connectivity index (χ0) is 18.8. The summed E-state index contributed by atoms with van der Waals surface area (Å²) in [7, 11) is 0.